The SMILES string of the molecule is COc1ccccc1CN1C(=O)C(Nc2ccc(N(C)C)cc2)=C(c2ccccc2)C1=O. The fraction of sp³-hybridized carbons (Fsp3) is 0.154. The van der Waals surface area contributed by atoms with Crippen molar-refractivity contribution in [3.05, 3.63) is 95.7 Å². The molecule has 0 radical (unpaired) electrons. The average molecular weight is 428 g/mol. The molecule has 0 unspecified atom stereocenters. The lowest BCUT2D eigenvalue weighted by Gasteiger charge is -2.17. The van der Waals surface area contributed by atoms with E-state index >= 15 is 0 Å². The first kappa shape index (κ1) is 21.2. The Morgan fingerprint density at radius 2 is 1.50 bits per heavy atom. The minimum atomic E-state index is -0.364. The van der Waals surface area contributed by atoms with E-state index < -0.39 is 0 Å². The highest BCUT2D eigenvalue weighted by molar-refractivity contribution is 6.36. The molecule has 0 aliphatic carbocycles. The van der Waals surface area contributed by atoms with Crippen LogP contribution < -0.4 is 15.0 Å². The Morgan fingerprint density at radius 1 is 0.844 bits per heavy atom. The molecule has 0 saturated carbocycles. The molecule has 6 heteroatoms. The number of para-hydroxylation sites is 1. The van der Waals surface area contributed by atoms with Crippen LogP contribution in [0.3, 0.4) is 0 Å². The van der Waals surface area contributed by atoms with E-state index in [2.05, 4.69) is 5.32 Å². The molecule has 3 aromatic rings. The summed E-state index contributed by atoms with van der Waals surface area (Å²) in [4.78, 5) is 30.1. The standard InChI is InChI=1S/C26H25N3O3/c1-28(2)21-15-13-20(14-16-21)27-24-23(18-9-5-4-6-10-18)25(30)29(26(24)31)17-19-11-7-8-12-22(19)32-3/h4-16,27H,17H2,1-3H3. The van der Waals surface area contributed by atoms with Gasteiger partial charge in [-0.25, -0.2) is 0 Å². The van der Waals surface area contributed by atoms with Gasteiger partial charge in [-0.2, -0.15) is 0 Å². The summed E-state index contributed by atoms with van der Waals surface area (Å²) in [6.45, 7) is 0.128. The van der Waals surface area contributed by atoms with Crippen LogP contribution >= 0.6 is 0 Å². The number of hydrogen-bond acceptors (Lipinski definition) is 5. The number of methoxy groups -OCH3 is 1. The second-order valence-electron chi connectivity index (χ2n) is 7.69. The topological polar surface area (TPSA) is 61.9 Å². The molecular formula is C26H25N3O3. The molecule has 0 aromatic heterocycles. The quantitative estimate of drug-likeness (QED) is 0.574. The first-order valence-corrected chi connectivity index (χ1v) is 10.3. The molecule has 0 bridgehead atoms. The molecule has 1 N–H and O–H groups in total. The van der Waals surface area contributed by atoms with E-state index in [0.29, 0.717) is 16.9 Å². The predicted molar refractivity (Wildman–Crippen MR) is 126 cm³/mol. The third-order valence-electron chi connectivity index (χ3n) is 5.40. The third-order valence-corrected chi connectivity index (χ3v) is 5.40. The van der Waals surface area contributed by atoms with Gasteiger partial charge in [0.25, 0.3) is 11.8 Å². The van der Waals surface area contributed by atoms with Crippen molar-refractivity contribution in [2.24, 2.45) is 0 Å². The van der Waals surface area contributed by atoms with Crippen LogP contribution in [0.15, 0.2) is 84.6 Å². The van der Waals surface area contributed by atoms with Crippen molar-refractivity contribution in [2.45, 2.75) is 6.54 Å². The number of benzene rings is 3. The Kier molecular flexibility index (Phi) is 5.94. The van der Waals surface area contributed by atoms with Crippen molar-refractivity contribution in [1.82, 2.24) is 4.90 Å². The minimum Gasteiger partial charge on any atom is -0.496 e. The number of hydrogen-bond donors (Lipinski definition) is 1. The zero-order valence-corrected chi connectivity index (χ0v) is 18.3. The largest absolute Gasteiger partial charge is 0.496 e. The molecule has 4 rings (SSSR count). The molecule has 1 aliphatic heterocycles. The molecule has 0 atom stereocenters. The Labute approximate surface area is 187 Å². The second-order valence-corrected chi connectivity index (χ2v) is 7.69. The fourth-order valence-corrected chi connectivity index (χ4v) is 3.70. The van der Waals surface area contributed by atoms with Gasteiger partial charge in [0.2, 0.25) is 0 Å². The summed E-state index contributed by atoms with van der Waals surface area (Å²) < 4.78 is 5.41. The molecule has 2 amide bonds. The highest BCUT2D eigenvalue weighted by Gasteiger charge is 2.39. The summed E-state index contributed by atoms with van der Waals surface area (Å²) in [5.74, 6) is -0.0639. The highest BCUT2D eigenvalue weighted by atomic mass is 16.5. The summed E-state index contributed by atoms with van der Waals surface area (Å²) >= 11 is 0. The summed E-state index contributed by atoms with van der Waals surface area (Å²) in [5.41, 5.74) is 3.87. The van der Waals surface area contributed by atoms with Crippen LogP contribution in [0.25, 0.3) is 5.57 Å². The molecule has 0 fully saturated rings. The maximum atomic E-state index is 13.4. The average Bonchev–Trinajstić information content (AvgIpc) is 3.04. The van der Waals surface area contributed by atoms with Crippen molar-refractivity contribution in [1.29, 1.82) is 0 Å². The second kappa shape index (κ2) is 8.98. The minimum absolute atomic E-state index is 0.128. The number of anilines is 2. The molecule has 6 nitrogen and oxygen atoms in total. The van der Waals surface area contributed by atoms with Crippen LogP contribution in [0.5, 0.6) is 5.75 Å². The van der Waals surface area contributed by atoms with E-state index in [0.717, 1.165) is 16.9 Å². The van der Waals surface area contributed by atoms with Gasteiger partial charge in [0.15, 0.2) is 0 Å². The van der Waals surface area contributed by atoms with Gasteiger partial charge in [0.05, 0.1) is 19.2 Å². The fourth-order valence-electron chi connectivity index (χ4n) is 3.70. The van der Waals surface area contributed by atoms with Crippen molar-refractivity contribution >= 4 is 28.8 Å². The van der Waals surface area contributed by atoms with Crippen LogP contribution in [0.2, 0.25) is 0 Å². The van der Waals surface area contributed by atoms with Gasteiger partial charge in [0, 0.05) is 31.0 Å². The van der Waals surface area contributed by atoms with E-state index in [1.54, 1.807) is 7.11 Å². The Morgan fingerprint density at radius 3 is 2.16 bits per heavy atom. The third kappa shape index (κ3) is 4.07. The summed E-state index contributed by atoms with van der Waals surface area (Å²) in [5, 5.41) is 3.20. The van der Waals surface area contributed by atoms with Crippen molar-refractivity contribution < 1.29 is 14.3 Å². The molecule has 0 saturated heterocycles. The van der Waals surface area contributed by atoms with Gasteiger partial charge in [-0.05, 0) is 35.9 Å². The zero-order valence-electron chi connectivity index (χ0n) is 18.3. The van der Waals surface area contributed by atoms with E-state index in [4.69, 9.17) is 4.74 Å². The van der Waals surface area contributed by atoms with E-state index in [1.165, 1.54) is 4.90 Å². The summed E-state index contributed by atoms with van der Waals surface area (Å²) in [6.07, 6.45) is 0. The molecule has 1 aliphatic rings. The first-order chi connectivity index (χ1) is 15.5. The van der Waals surface area contributed by atoms with E-state index in [9.17, 15) is 9.59 Å². The van der Waals surface area contributed by atoms with Gasteiger partial charge in [-0.1, -0.05) is 48.5 Å². The van der Waals surface area contributed by atoms with Crippen LogP contribution in [0.1, 0.15) is 11.1 Å². The number of amides is 2. The van der Waals surface area contributed by atoms with Gasteiger partial charge in [-0.3, -0.25) is 14.5 Å². The number of ether oxygens (including phenoxy) is 1. The van der Waals surface area contributed by atoms with Crippen molar-refractivity contribution in [3.63, 3.8) is 0 Å². The molecule has 1 heterocycles. The van der Waals surface area contributed by atoms with Crippen LogP contribution in [-0.4, -0.2) is 37.9 Å². The van der Waals surface area contributed by atoms with Crippen molar-refractivity contribution in [2.75, 3.05) is 31.4 Å². The van der Waals surface area contributed by atoms with E-state index in [1.807, 2.05) is 97.9 Å². The number of carbonyl (C=O) groups excluding carboxylic acids is 2. The number of imide groups is 1. The number of rotatable bonds is 7. The highest BCUT2D eigenvalue weighted by Crippen LogP contribution is 2.33. The maximum absolute atomic E-state index is 13.4. The van der Waals surface area contributed by atoms with Crippen LogP contribution in [0, 0.1) is 0 Å². The Balaban J connectivity index is 1.70. The lowest BCUT2D eigenvalue weighted by molar-refractivity contribution is -0.137. The van der Waals surface area contributed by atoms with Crippen LogP contribution in [-0.2, 0) is 16.1 Å². The maximum Gasteiger partial charge on any atom is 0.278 e. The van der Waals surface area contributed by atoms with Crippen molar-refractivity contribution in [3.8, 4) is 5.75 Å². The van der Waals surface area contributed by atoms with Crippen LogP contribution in [0.4, 0.5) is 11.4 Å². The predicted octanol–water partition coefficient (Wildman–Crippen LogP) is 4.15. The molecule has 3 aromatic carbocycles. The number of carbonyl (C=O) groups is 2. The van der Waals surface area contributed by atoms with E-state index in [-0.39, 0.29) is 24.1 Å². The lowest BCUT2D eigenvalue weighted by atomic mass is 10.0. The number of nitrogens with zero attached hydrogens (tertiary/aromatic N) is 2. The Bertz CT molecular complexity index is 1170. The molecule has 162 valence electrons. The van der Waals surface area contributed by atoms with Gasteiger partial charge >= 0.3 is 0 Å². The van der Waals surface area contributed by atoms with Gasteiger partial charge in [0.1, 0.15) is 11.4 Å². The smallest absolute Gasteiger partial charge is 0.278 e. The number of nitrogens with one attached hydrogen (secondary N) is 1. The summed E-state index contributed by atoms with van der Waals surface area (Å²) in [7, 11) is 5.51. The normalized spacial score (nSPS) is 13.5. The summed E-state index contributed by atoms with van der Waals surface area (Å²) in [6, 6.07) is 24.4. The zero-order chi connectivity index (χ0) is 22.7. The Hall–Kier alpha value is -4.06. The molecular weight excluding hydrogens is 402 g/mol. The first-order valence-electron chi connectivity index (χ1n) is 10.3. The molecule has 32 heavy (non-hydrogen) atoms. The van der Waals surface area contributed by atoms with Gasteiger partial charge in [-0.15, -0.1) is 0 Å². The lowest BCUT2D eigenvalue weighted by Crippen LogP contribution is -2.32. The molecule has 0 spiro atoms. The monoisotopic (exact) mass is 427 g/mol. The van der Waals surface area contributed by atoms with Gasteiger partial charge < -0.3 is 15.0 Å².